The zero-order valence-corrected chi connectivity index (χ0v) is 18.4. The van der Waals surface area contributed by atoms with Crippen LogP contribution < -0.4 is 22.9 Å². The van der Waals surface area contributed by atoms with Crippen molar-refractivity contribution in [3.05, 3.63) is 116 Å². The lowest BCUT2D eigenvalue weighted by molar-refractivity contribution is 0.255. The van der Waals surface area contributed by atoms with E-state index in [0.717, 1.165) is 11.0 Å². The topological polar surface area (TPSA) is 177 Å². The fraction of sp³-hybridized carbons (Fsp3) is 0. The number of hydrogen-bond acceptors (Lipinski definition) is 5. The van der Waals surface area contributed by atoms with E-state index >= 15 is 0 Å². The van der Waals surface area contributed by atoms with Gasteiger partial charge in [0.2, 0.25) is 0 Å². The number of nitrogens with two attached hydrogens (primary N) is 4. The van der Waals surface area contributed by atoms with Gasteiger partial charge < -0.3 is 22.9 Å². The molecule has 0 unspecified atom stereocenters. The van der Waals surface area contributed by atoms with Gasteiger partial charge in [0, 0.05) is 35.6 Å². The molecule has 0 atom stereocenters. The average Bonchev–Trinajstić information content (AvgIpc) is 2.85. The number of nitrogens with zero attached hydrogens (tertiary/aromatic N) is 3. The van der Waals surface area contributed by atoms with Crippen molar-refractivity contribution in [3.8, 4) is 0 Å². The smallest absolute Gasteiger partial charge is 0.309 e. The predicted octanol–water partition coefficient (Wildman–Crippen LogP) is 3.60. The Bertz CT molecular complexity index is 1000. The summed E-state index contributed by atoms with van der Waals surface area (Å²) in [5, 5.41) is 2.40. The van der Waals surface area contributed by atoms with Crippen molar-refractivity contribution in [1.82, 2.24) is 15.0 Å². The zero-order chi connectivity index (χ0) is 25.0. The van der Waals surface area contributed by atoms with Crippen LogP contribution in [0.2, 0.25) is 0 Å². The predicted molar refractivity (Wildman–Crippen MR) is 135 cm³/mol. The number of amides is 4. The molecule has 0 aliphatic rings. The molecule has 0 aliphatic carbocycles. The molecule has 0 bridgehead atoms. The van der Waals surface area contributed by atoms with E-state index < -0.39 is 12.1 Å². The van der Waals surface area contributed by atoms with Crippen LogP contribution in [0.1, 0.15) is 0 Å². The number of rotatable bonds is 0. The lowest BCUT2D eigenvalue weighted by Gasteiger charge is -1.91. The quantitative estimate of drug-likeness (QED) is 0.277. The van der Waals surface area contributed by atoms with Gasteiger partial charge in [-0.3, -0.25) is 15.0 Å². The maximum absolute atomic E-state index is 9.00. The van der Waals surface area contributed by atoms with Crippen LogP contribution in [0.4, 0.5) is 9.59 Å². The SMILES string of the molecule is NC(N)=O.NC(N)=O.c1ccc2ncccc2c1.c1ccc2ncccc2c1.c1ccncc1. The van der Waals surface area contributed by atoms with E-state index in [9.17, 15) is 0 Å². The summed E-state index contributed by atoms with van der Waals surface area (Å²) in [7, 11) is 0. The van der Waals surface area contributed by atoms with Gasteiger partial charge in [-0.1, -0.05) is 54.6 Å². The highest BCUT2D eigenvalue weighted by Crippen LogP contribution is 2.08. The highest BCUT2D eigenvalue weighted by Gasteiger charge is 1.87. The molecule has 8 N–H and O–H groups in total. The minimum Gasteiger partial charge on any atom is -0.352 e. The number of hydrogen-bond donors (Lipinski definition) is 4. The Labute approximate surface area is 197 Å². The highest BCUT2D eigenvalue weighted by atomic mass is 16.2. The molecule has 174 valence electrons. The van der Waals surface area contributed by atoms with Crippen LogP contribution in [0.25, 0.3) is 21.8 Å². The molecule has 2 aromatic carbocycles. The zero-order valence-electron chi connectivity index (χ0n) is 18.4. The molecule has 9 heteroatoms. The van der Waals surface area contributed by atoms with Crippen LogP contribution in [0.3, 0.4) is 0 Å². The second-order valence-electron chi connectivity index (χ2n) is 6.22. The molecule has 0 spiro atoms. The summed E-state index contributed by atoms with van der Waals surface area (Å²) in [5.74, 6) is 0. The summed E-state index contributed by atoms with van der Waals surface area (Å²) in [6.07, 6.45) is 7.12. The van der Waals surface area contributed by atoms with Gasteiger partial charge in [-0.15, -0.1) is 0 Å². The third kappa shape index (κ3) is 13.3. The molecule has 3 aromatic heterocycles. The number of aromatic nitrogens is 3. The molecule has 34 heavy (non-hydrogen) atoms. The van der Waals surface area contributed by atoms with Crippen molar-refractivity contribution in [2.24, 2.45) is 22.9 Å². The normalized spacial score (nSPS) is 8.71. The fourth-order valence-electron chi connectivity index (χ4n) is 2.34. The van der Waals surface area contributed by atoms with Crippen molar-refractivity contribution in [2.45, 2.75) is 0 Å². The van der Waals surface area contributed by atoms with Gasteiger partial charge in [0.15, 0.2) is 0 Å². The number of fused-ring (bicyclic) bond motifs is 2. The third-order valence-electron chi connectivity index (χ3n) is 3.59. The number of carbonyl (C=O) groups is 2. The molecular weight excluding hydrogens is 430 g/mol. The van der Waals surface area contributed by atoms with E-state index in [4.69, 9.17) is 9.59 Å². The first-order chi connectivity index (χ1) is 16.4. The number of primary amides is 4. The summed E-state index contributed by atoms with van der Waals surface area (Å²) in [4.78, 5) is 30.1. The van der Waals surface area contributed by atoms with Gasteiger partial charge in [-0.25, -0.2) is 9.59 Å². The Balaban J connectivity index is 0.000000226. The van der Waals surface area contributed by atoms with Gasteiger partial charge in [0.1, 0.15) is 0 Å². The third-order valence-corrected chi connectivity index (χ3v) is 3.59. The summed E-state index contributed by atoms with van der Waals surface area (Å²) >= 11 is 0. The monoisotopic (exact) mass is 457 g/mol. The largest absolute Gasteiger partial charge is 0.352 e. The fourth-order valence-corrected chi connectivity index (χ4v) is 2.34. The van der Waals surface area contributed by atoms with E-state index in [1.165, 1.54) is 10.8 Å². The summed E-state index contributed by atoms with van der Waals surface area (Å²) < 4.78 is 0. The van der Waals surface area contributed by atoms with Crippen molar-refractivity contribution in [3.63, 3.8) is 0 Å². The van der Waals surface area contributed by atoms with E-state index in [1.807, 2.05) is 79.1 Å². The second kappa shape index (κ2) is 16.6. The van der Waals surface area contributed by atoms with Crippen LogP contribution in [-0.4, -0.2) is 27.0 Å². The highest BCUT2D eigenvalue weighted by molar-refractivity contribution is 5.78. The van der Waals surface area contributed by atoms with Gasteiger partial charge in [0.05, 0.1) is 11.0 Å². The summed E-state index contributed by atoms with van der Waals surface area (Å²) in [6.45, 7) is 0. The number of benzene rings is 2. The molecule has 5 aromatic rings. The average molecular weight is 458 g/mol. The maximum Gasteiger partial charge on any atom is 0.309 e. The second-order valence-corrected chi connectivity index (χ2v) is 6.22. The van der Waals surface area contributed by atoms with Crippen LogP contribution in [0.5, 0.6) is 0 Å². The van der Waals surface area contributed by atoms with Crippen molar-refractivity contribution in [1.29, 1.82) is 0 Å². The molecule has 9 nitrogen and oxygen atoms in total. The summed E-state index contributed by atoms with van der Waals surface area (Å²) in [6, 6.07) is 28.2. The maximum atomic E-state index is 9.00. The van der Waals surface area contributed by atoms with Gasteiger partial charge >= 0.3 is 12.1 Å². The van der Waals surface area contributed by atoms with E-state index in [-0.39, 0.29) is 0 Å². The van der Waals surface area contributed by atoms with Crippen LogP contribution in [-0.2, 0) is 0 Å². The Kier molecular flexibility index (Phi) is 13.2. The molecule has 0 saturated carbocycles. The Morgan fingerprint density at radius 3 is 1.12 bits per heavy atom. The molecule has 0 fully saturated rings. The Hall–Kier alpha value is -5.05. The van der Waals surface area contributed by atoms with Crippen molar-refractivity contribution in [2.75, 3.05) is 0 Å². The standard InChI is InChI=1S/2C9H7N.C5H5N.2CH4N2O/c2*1-2-6-9-8(4-1)5-3-7-10-9;1-2-4-6-5-3-1;2*2-1(3)4/h2*1-7H;1-5H;2*(H4,2,3,4). The number of pyridine rings is 3. The Morgan fingerprint density at radius 1 is 0.471 bits per heavy atom. The van der Waals surface area contributed by atoms with Gasteiger partial charge in [-0.2, -0.15) is 0 Å². The molecule has 4 amide bonds. The molecule has 3 heterocycles. The van der Waals surface area contributed by atoms with Crippen molar-refractivity contribution < 1.29 is 9.59 Å². The van der Waals surface area contributed by atoms with Gasteiger partial charge in [0.25, 0.3) is 0 Å². The number of carbonyl (C=O) groups excluding carboxylic acids is 2. The minimum atomic E-state index is -0.833. The van der Waals surface area contributed by atoms with E-state index in [1.54, 1.807) is 12.4 Å². The van der Waals surface area contributed by atoms with Crippen LogP contribution in [0.15, 0.2) is 116 Å². The van der Waals surface area contributed by atoms with E-state index in [0.29, 0.717) is 0 Å². The molecule has 5 rings (SSSR count). The summed E-state index contributed by atoms with van der Waals surface area (Å²) in [5.41, 5.74) is 19.1. The van der Waals surface area contributed by atoms with Crippen LogP contribution >= 0.6 is 0 Å². The first kappa shape index (κ1) is 27.0. The number of urea groups is 2. The first-order valence-electron chi connectivity index (χ1n) is 9.94. The first-order valence-corrected chi connectivity index (χ1v) is 9.94. The van der Waals surface area contributed by atoms with E-state index in [2.05, 4.69) is 62.2 Å². The molecular formula is C25H27N7O2. The van der Waals surface area contributed by atoms with Gasteiger partial charge in [-0.05, 0) is 36.4 Å². The Morgan fingerprint density at radius 2 is 0.824 bits per heavy atom. The van der Waals surface area contributed by atoms with Crippen LogP contribution in [0, 0.1) is 0 Å². The minimum absolute atomic E-state index is 0.833. The molecule has 0 aliphatic heterocycles. The lowest BCUT2D eigenvalue weighted by Crippen LogP contribution is -2.18. The number of para-hydroxylation sites is 2. The lowest BCUT2D eigenvalue weighted by atomic mass is 10.2. The van der Waals surface area contributed by atoms with Crippen molar-refractivity contribution >= 4 is 33.9 Å². The molecule has 0 saturated heterocycles. The molecule has 0 radical (unpaired) electrons.